The van der Waals surface area contributed by atoms with Crippen LogP contribution in [0.3, 0.4) is 0 Å². The summed E-state index contributed by atoms with van der Waals surface area (Å²) in [6.45, 7) is 4.05. The van der Waals surface area contributed by atoms with Crippen LogP contribution in [0.5, 0.6) is 0 Å². The predicted octanol–water partition coefficient (Wildman–Crippen LogP) is 2.00. The molecule has 1 aromatic heterocycles. The minimum absolute atomic E-state index is 0.00274. The Labute approximate surface area is 171 Å². The van der Waals surface area contributed by atoms with Crippen molar-refractivity contribution < 1.29 is 9.59 Å². The second kappa shape index (κ2) is 10.7. The first-order chi connectivity index (χ1) is 14.2. The fourth-order valence-electron chi connectivity index (χ4n) is 3.75. The van der Waals surface area contributed by atoms with E-state index in [-0.39, 0.29) is 17.7 Å². The molecule has 3 rings (SSSR count). The van der Waals surface area contributed by atoms with Crippen molar-refractivity contribution in [3.05, 3.63) is 42.2 Å². The van der Waals surface area contributed by atoms with Gasteiger partial charge in [-0.2, -0.15) is 0 Å². The lowest BCUT2D eigenvalue weighted by Gasteiger charge is -2.33. The summed E-state index contributed by atoms with van der Waals surface area (Å²) in [5.74, 6) is 0.110. The average molecular weight is 399 g/mol. The zero-order valence-electron chi connectivity index (χ0n) is 17.0. The van der Waals surface area contributed by atoms with Gasteiger partial charge in [-0.05, 0) is 35.3 Å². The Kier molecular flexibility index (Phi) is 7.72. The number of carbonyl (C=O) groups is 2. The molecule has 1 aliphatic heterocycles. The number of carbonyl (C=O) groups excluding carboxylic acids is 2. The van der Waals surface area contributed by atoms with E-state index in [1.165, 1.54) is 11.0 Å². The molecule has 2 amide bonds. The Balaban J connectivity index is 1.56. The molecule has 0 spiro atoms. The molecule has 1 unspecified atom stereocenters. The van der Waals surface area contributed by atoms with E-state index >= 15 is 0 Å². The molecule has 1 atom stereocenters. The van der Waals surface area contributed by atoms with Crippen LogP contribution in [-0.2, 0) is 16.0 Å². The van der Waals surface area contributed by atoms with Gasteiger partial charge in [-0.15, -0.1) is 5.10 Å². The number of aromatic nitrogens is 4. The number of nitrogens with one attached hydrogen (secondary N) is 1. The van der Waals surface area contributed by atoms with Crippen LogP contribution >= 0.6 is 0 Å². The van der Waals surface area contributed by atoms with E-state index in [1.807, 2.05) is 35.2 Å². The number of piperidine rings is 1. The molecular formula is C21H30N6O2. The van der Waals surface area contributed by atoms with Gasteiger partial charge in [-0.25, -0.2) is 4.68 Å². The van der Waals surface area contributed by atoms with Gasteiger partial charge >= 0.3 is 0 Å². The third kappa shape index (κ3) is 5.85. The van der Waals surface area contributed by atoms with Crippen molar-refractivity contribution in [1.29, 1.82) is 0 Å². The third-order valence-corrected chi connectivity index (χ3v) is 5.50. The van der Waals surface area contributed by atoms with Crippen molar-refractivity contribution in [2.45, 2.75) is 51.5 Å². The van der Waals surface area contributed by atoms with E-state index in [9.17, 15) is 9.59 Å². The van der Waals surface area contributed by atoms with E-state index in [1.54, 1.807) is 0 Å². The number of likely N-dealkylation sites (tertiary alicyclic amines) is 1. The summed E-state index contributed by atoms with van der Waals surface area (Å²) in [6.07, 6.45) is 6.70. The molecule has 0 bridgehead atoms. The minimum Gasteiger partial charge on any atom is -0.356 e. The molecule has 0 radical (unpaired) electrons. The topological polar surface area (TPSA) is 93.0 Å². The predicted molar refractivity (Wildman–Crippen MR) is 109 cm³/mol. The molecule has 1 fully saturated rings. The lowest BCUT2D eigenvalue weighted by molar-refractivity contribution is -0.138. The van der Waals surface area contributed by atoms with Crippen LogP contribution in [-0.4, -0.2) is 56.6 Å². The summed E-state index contributed by atoms with van der Waals surface area (Å²) in [6, 6.07) is 9.39. The standard InChI is InChI=1S/C21H30N6O2/c1-2-3-7-12-22-20(28)18-10-13-26(14-11-18)21(29)19(27-16-23-24-25-27)15-17-8-5-4-6-9-17/h4-6,8-9,16,18-19H,2-3,7,10-15H2,1H3,(H,22,28). The third-order valence-electron chi connectivity index (χ3n) is 5.50. The molecule has 1 aliphatic rings. The van der Waals surface area contributed by atoms with Crippen LogP contribution in [0.2, 0.25) is 0 Å². The molecule has 2 aromatic rings. The van der Waals surface area contributed by atoms with E-state index in [4.69, 9.17) is 0 Å². The maximum Gasteiger partial charge on any atom is 0.247 e. The first-order valence-electron chi connectivity index (χ1n) is 10.5. The minimum atomic E-state index is -0.480. The molecule has 0 aliphatic carbocycles. The number of nitrogens with zero attached hydrogens (tertiary/aromatic N) is 5. The Hall–Kier alpha value is -2.77. The summed E-state index contributed by atoms with van der Waals surface area (Å²) >= 11 is 0. The number of rotatable bonds is 9. The van der Waals surface area contributed by atoms with Crippen LogP contribution in [0.1, 0.15) is 50.6 Å². The average Bonchev–Trinajstić information content (AvgIpc) is 3.30. The highest BCUT2D eigenvalue weighted by Gasteiger charge is 2.32. The first-order valence-corrected chi connectivity index (χ1v) is 10.5. The molecule has 0 saturated carbocycles. The fraction of sp³-hybridized carbons (Fsp3) is 0.571. The maximum absolute atomic E-state index is 13.2. The highest BCUT2D eigenvalue weighted by Crippen LogP contribution is 2.22. The second-order valence-electron chi connectivity index (χ2n) is 7.59. The normalized spacial score (nSPS) is 15.8. The van der Waals surface area contributed by atoms with E-state index in [2.05, 4.69) is 27.8 Å². The number of benzene rings is 1. The molecule has 8 heteroatoms. The Morgan fingerprint density at radius 3 is 2.59 bits per heavy atom. The SMILES string of the molecule is CCCCCNC(=O)C1CCN(C(=O)C(Cc2ccccc2)n2cnnn2)CC1. The van der Waals surface area contributed by atoms with E-state index in [0.29, 0.717) is 32.4 Å². The van der Waals surface area contributed by atoms with Gasteiger partial charge in [0.1, 0.15) is 12.4 Å². The second-order valence-corrected chi connectivity index (χ2v) is 7.59. The number of unbranched alkanes of at least 4 members (excludes halogenated alkanes) is 2. The quantitative estimate of drug-likeness (QED) is 0.652. The zero-order valence-corrected chi connectivity index (χ0v) is 17.0. The number of tetrazole rings is 1. The van der Waals surface area contributed by atoms with Gasteiger partial charge in [-0.1, -0.05) is 50.1 Å². The van der Waals surface area contributed by atoms with Crippen molar-refractivity contribution in [3.63, 3.8) is 0 Å². The number of amides is 2. The van der Waals surface area contributed by atoms with Gasteiger partial charge in [0.15, 0.2) is 0 Å². The Bertz CT molecular complexity index is 757. The smallest absolute Gasteiger partial charge is 0.247 e. The van der Waals surface area contributed by atoms with Crippen LogP contribution < -0.4 is 5.32 Å². The lowest BCUT2D eigenvalue weighted by Crippen LogP contribution is -2.46. The summed E-state index contributed by atoms with van der Waals surface area (Å²) in [7, 11) is 0. The van der Waals surface area contributed by atoms with Crippen LogP contribution in [0.15, 0.2) is 36.7 Å². The Morgan fingerprint density at radius 2 is 1.93 bits per heavy atom. The maximum atomic E-state index is 13.2. The Morgan fingerprint density at radius 1 is 1.17 bits per heavy atom. The largest absolute Gasteiger partial charge is 0.356 e. The van der Waals surface area contributed by atoms with Crippen LogP contribution in [0, 0.1) is 5.92 Å². The summed E-state index contributed by atoms with van der Waals surface area (Å²) in [5.41, 5.74) is 1.06. The molecule has 8 nitrogen and oxygen atoms in total. The van der Waals surface area contributed by atoms with Gasteiger partial charge in [0.25, 0.3) is 0 Å². The van der Waals surface area contributed by atoms with Crippen molar-refractivity contribution in [3.8, 4) is 0 Å². The van der Waals surface area contributed by atoms with E-state index < -0.39 is 6.04 Å². The van der Waals surface area contributed by atoms with Gasteiger partial charge < -0.3 is 10.2 Å². The first kappa shape index (κ1) is 21.0. The number of hydrogen-bond acceptors (Lipinski definition) is 5. The van der Waals surface area contributed by atoms with Crippen LogP contribution in [0.4, 0.5) is 0 Å². The highest BCUT2D eigenvalue weighted by molar-refractivity contribution is 5.82. The summed E-state index contributed by atoms with van der Waals surface area (Å²) < 4.78 is 1.53. The van der Waals surface area contributed by atoms with Crippen molar-refractivity contribution in [2.24, 2.45) is 5.92 Å². The lowest BCUT2D eigenvalue weighted by atomic mass is 9.94. The fourth-order valence-corrected chi connectivity index (χ4v) is 3.75. The van der Waals surface area contributed by atoms with Gasteiger partial charge in [0, 0.05) is 32.0 Å². The summed E-state index contributed by atoms with van der Waals surface area (Å²) in [5, 5.41) is 14.4. The van der Waals surface area contributed by atoms with Gasteiger partial charge in [0.2, 0.25) is 11.8 Å². The molecule has 29 heavy (non-hydrogen) atoms. The monoisotopic (exact) mass is 398 g/mol. The molecule has 1 aromatic carbocycles. The highest BCUT2D eigenvalue weighted by atomic mass is 16.2. The molecular weight excluding hydrogens is 368 g/mol. The van der Waals surface area contributed by atoms with Crippen molar-refractivity contribution >= 4 is 11.8 Å². The molecule has 156 valence electrons. The van der Waals surface area contributed by atoms with Gasteiger partial charge in [-0.3, -0.25) is 9.59 Å². The van der Waals surface area contributed by atoms with Crippen molar-refractivity contribution in [1.82, 2.24) is 30.4 Å². The van der Waals surface area contributed by atoms with Gasteiger partial charge in [0.05, 0.1) is 0 Å². The van der Waals surface area contributed by atoms with Crippen molar-refractivity contribution in [2.75, 3.05) is 19.6 Å². The summed E-state index contributed by atoms with van der Waals surface area (Å²) in [4.78, 5) is 27.4. The molecule has 2 heterocycles. The molecule has 1 N–H and O–H groups in total. The molecule has 1 saturated heterocycles. The number of hydrogen-bond donors (Lipinski definition) is 1. The zero-order chi connectivity index (χ0) is 20.5. The van der Waals surface area contributed by atoms with E-state index in [0.717, 1.165) is 31.4 Å². The van der Waals surface area contributed by atoms with Crippen LogP contribution in [0.25, 0.3) is 0 Å².